The fourth-order valence-electron chi connectivity index (χ4n) is 5.43. The van der Waals surface area contributed by atoms with Gasteiger partial charge in [0, 0.05) is 56.8 Å². The van der Waals surface area contributed by atoms with Crippen LogP contribution in [0.4, 0.5) is 0 Å². The topological polar surface area (TPSA) is 49.3 Å². The number of halogens is 1. The minimum absolute atomic E-state index is 0. The van der Waals surface area contributed by atoms with Crippen LogP contribution in [0.1, 0.15) is 37.7 Å². The maximum atomic E-state index is 5.71. The van der Waals surface area contributed by atoms with Crippen LogP contribution in [0.25, 0.3) is 0 Å². The summed E-state index contributed by atoms with van der Waals surface area (Å²) >= 11 is 0. The number of aliphatic imine (C=N–C) groups is 1. The first-order chi connectivity index (χ1) is 14.3. The molecule has 1 N–H and O–H groups in total. The van der Waals surface area contributed by atoms with Gasteiger partial charge in [0.15, 0.2) is 5.96 Å². The van der Waals surface area contributed by atoms with Crippen LogP contribution < -0.4 is 10.1 Å². The highest BCUT2D eigenvalue weighted by molar-refractivity contribution is 14.0. The molecule has 1 saturated carbocycles. The summed E-state index contributed by atoms with van der Waals surface area (Å²) in [5.41, 5.74) is 1.47. The van der Waals surface area contributed by atoms with Crippen molar-refractivity contribution in [3.05, 3.63) is 29.8 Å². The number of nitrogens with one attached hydrogen (secondary N) is 1. The molecule has 1 aromatic carbocycles. The number of hydrogen-bond acceptors (Lipinski definition) is 4. The first-order valence-electron chi connectivity index (χ1n) is 11.2. The lowest BCUT2D eigenvalue weighted by Crippen LogP contribution is -2.48. The molecule has 0 spiro atoms. The van der Waals surface area contributed by atoms with E-state index < -0.39 is 0 Å². The zero-order valence-corrected chi connectivity index (χ0v) is 20.8. The van der Waals surface area contributed by atoms with Gasteiger partial charge in [-0.15, -0.1) is 24.0 Å². The molecule has 0 bridgehead atoms. The van der Waals surface area contributed by atoms with Crippen LogP contribution >= 0.6 is 24.0 Å². The Bertz CT molecular complexity index is 702. The van der Waals surface area contributed by atoms with Crippen molar-refractivity contribution in [2.24, 2.45) is 4.99 Å². The molecule has 2 saturated heterocycles. The summed E-state index contributed by atoms with van der Waals surface area (Å²) < 4.78 is 11.2. The zero-order valence-electron chi connectivity index (χ0n) is 18.4. The second-order valence-electron chi connectivity index (χ2n) is 8.63. The van der Waals surface area contributed by atoms with Crippen LogP contribution in [0.5, 0.6) is 5.75 Å². The van der Waals surface area contributed by atoms with Crippen LogP contribution in [0.2, 0.25) is 0 Å². The third-order valence-electron chi connectivity index (χ3n) is 7.06. The van der Waals surface area contributed by atoms with E-state index in [-0.39, 0.29) is 29.4 Å². The van der Waals surface area contributed by atoms with Gasteiger partial charge in [-0.1, -0.05) is 31.0 Å². The number of nitrogens with zero attached hydrogens (tertiary/aromatic N) is 3. The molecule has 6 nitrogen and oxygen atoms in total. The number of para-hydroxylation sites is 1. The number of guanidine groups is 1. The van der Waals surface area contributed by atoms with Crippen LogP contribution in [0.15, 0.2) is 29.3 Å². The highest BCUT2D eigenvalue weighted by Crippen LogP contribution is 2.44. The predicted octanol–water partition coefficient (Wildman–Crippen LogP) is 3.11. The lowest BCUT2D eigenvalue weighted by Gasteiger charge is -2.34. The lowest BCUT2D eigenvalue weighted by atomic mass is 9.78. The molecule has 1 aliphatic carbocycles. The van der Waals surface area contributed by atoms with Crippen molar-refractivity contribution in [3.63, 3.8) is 0 Å². The highest BCUT2D eigenvalue weighted by atomic mass is 127. The van der Waals surface area contributed by atoms with Crippen molar-refractivity contribution < 1.29 is 9.47 Å². The second-order valence-corrected chi connectivity index (χ2v) is 8.63. The van der Waals surface area contributed by atoms with E-state index in [1.165, 1.54) is 37.7 Å². The van der Waals surface area contributed by atoms with Gasteiger partial charge in [0.05, 0.1) is 20.3 Å². The molecular weight excluding hydrogens is 491 g/mol. The van der Waals surface area contributed by atoms with Crippen molar-refractivity contribution in [2.45, 2.75) is 43.6 Å². The Balaban J connectivity index is 0.00000256. The van der Waals surface area contributed by atoms with Crippen LogP contribution in [-0.4, -0.2) is 81.9 Å². The minimum Gasteiger partial charge on any atom is -0.496 e. The summed E-state index contributed by atoms with van der Waals surface area (Å²) in [5.74, 6) is 2.06. The normalized spacial score (nSPS) is 24.5. The molecule has 0 aromatic heterocycles. The van der Waals surface area contributed by atoms with Crippen molar-refractivity contribution in [1.29, 1.82) is 0 Å². The molecule has 168 valence electrons. The Morgan fingerprint density at radius 3 is 2.63 bits per heavy atom. The van der Waals surface area contributed by atoms with Gasteiger partial charge in [0.25, 0.3) is 0 Å². The van der Waals surface area contributed by atoms with Gasteiger partial charge in [-0.25, -0.2) is 0 Å². The number of ether oxygens (including phenoxy) is 2. The van der Waals surface area contributed by atoms with Gasteiger partial charge in [-0.3, -0.25) is 9.89 Å². The van der Waals surface area contributed by atoms with Gasteiger partial charge >= 0.3 is 0 Å². The van der Waals surface area contributed by atoms with Gasteiger partial charge < -0.3 is 19.7 Å². The first-order valence-corrected chi connectivity index (χ1v) is 11.2. The summed E-state index contributed by atoms with van der Waals surface area (Å²) in [6.45, 7) is 6.89. The molecule has 3 fully saturated rings. The van der Waals surface area contributed by atoms with E-state index in [2.05, 4.69) is 44.4 Å². The molecule has 1 atom stereocenters. The molecule has 4 rings (SSSR count). The Kier molecular flexibility index (Phi) is 8.65. The Morgan fingerprint density at radius 1 is 1.20 bits per heavy atom. The Morgan fingerprint density at radius 2 is 1.93 bits per heavy atom. The molecule has 1 unspecified atom stereocenters. The summed E-state index contributed by atoms with van der Waals surface area (Å²) in [4.78, 5) is 9.66. The van der Waals surface area contributed by atoms with Crippen molar-refractivity contribution >= 4 is 29.9 Å². The number of hydrogen-bond donors (Lipinski definition) is 1. The van der Waals surface area contributed by atoms with Gasteiger partial charge in [0.1, 0.15) is 5.75 Å². The quantitative estimate of drug-likeness (QED) is 0.362. The van der Waals surface area contributed by atoms with E-state index in [4.69, 9.17) is 9.47 Å². The third kappa shape index (κ3) is 5.05. The molecule has 0 amide bonds. The fourth-order valence-corrected chi connectivity index (χ4v) is 5.43. The Hall–Kier alpha value is -1.06. The van der Waals surface area contributed by atoms with Crippen LogP contribution in [-0.2, 0) is 10.2 Å². The number of likely N-dealkylation sites (tertiary alicyclic amines) is 1. The molecule has 30 heavy (non-hydrogen) atoms. The van der Waals surface area contributed by atoms with E-state index in [0.29, 0.717) is 6.04 Å². The molecule has 0 radical (unpaired) electrons. The number of morpholine rings is 1. The third-order valence-corrected chi connectivity index (χ3v) is 7.06. The van der Waals surface area contributed by atoms with Crippen molar-refractivity contribution in [2.75, 3.05) is 60.1 Å². The van der Waals surface area contributed by atoms with E-state index in [9.17, 15) is 0 Å². The molecular formula is C23H37IN4O2. The van der Waals surface area contributed by atoms with E-state index in [0.717, 1.165) is 57.6 Å². The summed E-state index contributed by atoms with van der Waals surface area (Å²) in [5, 5.41) is 3.74. The maximum Gasteiger partial charge on any atom is 0.193 e. The molecule has 2 heterocycles. The zero-order chi connectivity index (χ0) is 20.1. The SMILES string of the molecule is CN=C(NCC1(c2ccccc2OC)CCCC1)N1CCC(N2CCOCC2)C1.I. The monoisotopic (exact) mass is 528 g/mol. The van der Waals surface area contributed by atoms with Crippen molar-refractivity contribution in [1.82, 2.24) is 15.1 Å². The standard InChI is InChI=1S/C23H36N4O2.HI/c1-24-22(27-12-9-19(17-27)26-13-15-29-16-14-26)25-18-23(10-5-6-11-23)20-7-3-4-8-21(20)28-2;/h3-4,7-8,19H,5-6,9-18H2,1-2H3,(H,24,25);1H. The molecule has 7 heteroatoms. The molecule has 1 aromatic rings. The second kappa shape index (κ2) is 11.0. The average Bonchev–Trinajstić information content (AvgIpc) is 3.46. The first kappa shape index (κ1) is 23.6. The van der Waals surface area contributed by atoms with E-state index >= 15 is 0 Å². The van der Waals surface area contributed by atoms with Gasteiger partial charge in [0.2, 0.25) is 0 Å². The summed E-state index contributed by atoms with van der Waals surface area (Å²) in [7, 11) is 3.69. The predicted molar refractivity (Wildman–Crippen MR) is 132 cm³/mol. The minimum atomic E-state index is 0. The summed E-state index contributed by atoms with van der Waals surface area (Å²) in [6, 6.07) is 9.16. The fraction of sp³-hybridized carbons (Fsp3) is 0.696. The number of methoxy groups -OCH3 is 1. The number of benzene rings is 1. The highest BCUT2D eigenvalue weighted by Gasteiger charge is 2.38. The molecule has 2 aliphatic heterocycles. The van der Waals surface area contributed by atoms with Gasteiger partial charge in [-0.05, 0) is 25.3 Å². The van der Waals surface area contributed by atoms with Crippen molar-refractivity contribution in [3.8, 4) is 5.75 Å². The summed E-state index contributed by atoms with van der Waals surface area (Å²) in [6.07, 6.45) is 6.17. The average molecular weight is 528 g/mol. The largest absolute Gasteiger partial charge is 0.496 e. The van der Waals surface area contributed by atoms with Crippen LogP contribution in [0, 0.1) is 0 Å². The van der Waals surface area contributed by atoms with Gasteiger partial charge in [-0.2, -0.15) is 0 Å². The molecule has 3 aliphatic rings. The van der Waals surface area contributed by atoms with E-state index in [1.807, 2.05) is 7.05 Å². The number of rotatable bonds is 5. The van der Waals surface area contributed by atoms with Crippen LogP contribution in [0.3, 0.4) is 0 Å². The van der Waals surface area contributed by atoms with E-state index in [1.54, 1.807) is 7.11 Å². The maximum absolute atomic E-state index is 5.71. The smallest absolute Gasteiger partial charge is 0.193 e. The lowest BCUT2D eigenvalue weighted by molar-refractivity contribution is 0.0195. The Labute approximate surface area is 198 Å².